The summed E-state index contributed by atoms with van der Waals surface area (Å²) in [6.45, 7) is 2.21. The molecule has 1 aromatic rings. The summed E-state index contributed by atoms with van der Waals surface area (Å²) in [5, 5.41) is 9.05. The lowest BCUT2D eigenvalue weighted by molar-refractivity contribution is 0.0995. The summed E-state index contributed by atoms with van der Waals surface area (Å²) < 4.78 is 5.82. The molecule has 0 aliphatic heterocycles. The zero-order valence-corrected chi connectivity index (χ0v) is 9.59. The van der Waals surface area contributed by atoms with Crippen LogP contribution in [0.25, 0.3) is 0 Å². The van der Waals surface area contributed by atoms with Crippen LogP contribution in [0, 0.1) is 12.8 Å². The molecule has 1 heterocycles. The highest BCUT2D eigenvalue weighted by Crippen LogP contribution is 2.27. The molecule has 88 valence electrons. The van der Waals surface area contributed by atoms with Gasteiger partial charge in [-0.2, -0.15) is 0 Å². The van der Waals surface area contributed by atoms with Crippen LogP contribution in [0.4, 0.5) is 0 Å². The van der Waals surface area contributed by atoms with Crippen molar-refractivity contribution in [1.82, 2.24) is 9.97 Å². The monoisotopic (exact) mass is 222 g/mol. The second-order valence-electron chi connectivity index (χ2n) is 4.39. The van der Waals surface area contributed by atoms with E-state index in [1.165, 1.54) is 0 Å². The molecule has 0 spiro atoms. The summed E-state index contributed by atoms with van der Waals surface area (Å²) in [7, 11) is 0. The van der Waals surface area contributed by atoms with Gasteiger partial charge < -0.3 is 9.84 Å². The SMILES string of the molecule is Cc1nccnc1OC1CCC(CO)CC1. The van der Waals surface area contributed by atoms with E-state index in [1.807, 2.05) is 6.92 Å². The smallest absolute Gasteiger partial charge is 0.235 e. The van der Waals surface area contributed by atoms with E-state index in [4.69, 9.17) is 9.84 Å². The van der Waals surface area contributed by atoms with Gasteiger partial charge in [-0.1, -0.05) is 0 Å². The van der Waals surface area contributed by atoms with Gasteiger partial charge in [-0.25, -0.2) is 4.98 Å². The van der Waals surface area contributed by atoms with Crippen LogP contribution in [0.5, 0.6) is 5.88 Å². The Morgan fingerprint density at radius 1 is 1.25 bits per heavy atom. The van der Waals surface area contributed by atoms with E-state index in [0.717, 1.165) is 31.4 Å². The Kier molecular flexibility index (Phi) is 3.72. The predicted octanol–water partition coefficient (Wildman–Crippen LogP) is 1.71. The van der Waals surface area contributed by atoms with Crippen molar-refractivity contribution >= 4 is 0 Å². The highest BCUT2D eigenvalue weighted by Gasteiger charge is 2.22. The standard InChI is InChI=1S/C12H18N2O2/c1-9-12(14-7-6-13-9)16-11-4-2-10(8-15)3-5-11/h6-7,10-11,15H,2-5,8H2,1H3. The van der Waals surface area contributed by atoms with Gasteiger partial charge in [-0.15, -0.1) is 0 Å². The van der Waals surface area contributed by atoms with E-state index in [2.05, 4.69) is 9.97 Å². The maximum atomic E-state index is 9.05. The minimum absolute atomic E-state index is 0.234. The molecule has 4 heteroatoms. The van der Waals surface area contributed by atoms with Crippen LogP contribution < -0.4 is 4.74 Å². The Hall–Kier alpha value is -1.16. The first-order chi connectivity index (χ1) is 7.79. The molecule has 0 radical (unpaired) electrons. The van der Waals surface area contributed by atoms with E-state index in [1.54, 1.807) is 12.4 Å². The Morgan fingerprint density at radius 2 is 1.94 bits per heavy atom. The Labute approximate surface area is 95.7 Å². The number of aromatic nitrogens is 2. The van der Waals surface area contributed by atoms with Crippen LogP contribution in [-0.2, 0) is 0 Å². The summed E-state index contributed by atoms with van der Waals surface area (Å²) in [4.78, 5) is 8.33. The van der Waals surface area contributed by atoms with Crippen LogP contribution in [0.2, 0.25) is 0 Å². The van der Waals surface area contributed by atoms with Gasteiger partial charge >= 0.3 is 0 Å². The van der Waals surface area contributed by atoms with Crippen molar-refractivity contribution in [3.8, 4) is 5.88 Å². The molecule has 1 aliphatic carbocycles. The summed E-state index contributed by atoms with van der Waals surface area (Å²) in [5.74, 6) is 1.11. The third kappa shape index (κ3) is 2.70. The van der Waals surface area contributed by atoms with Crippen molar-refractivity contribution < 1.29 is 9.84 Å². The molecule has 0 atom stereocenters. The fraction of sp³-hybridized carbons (Fsp3) is 0.667. The highest BCUT2D eigenvalue weighted by atomic mass is 16.5. The van der Waals surface area contributed by atoms with Crippen molar-refractivity contribution in [3.05, 3.63) is 18.1 Å². The second kappa shape index (κ2) is 5.25. The molecule has 4 nitrogen and oxygen atoms in total. The number of rotatable bonds is 3. The zero-order chi connectivity index (χ0) is 11.4. The van der Waals surface area contributed by atoms with E-state index >= 15 is 0 Å². The second-order valence-corrected chi connectivity index (χ2v) is 4.39. The average molecular weight is 222 g/mol. The van der Waals surface area contributed by atoms with Crippen LogP contribution in [0.1, 0.15) is 31.4 Å². The van der Waals surface area contributed by atoms with Gasteiger partial charge in [0.05, 0.1) is 5.69 Å². The van der Waals surface area contributed by atoms with Gasteiger partial charge in [-0.3, -0.25) is 4.98 Å². The number of hydrogen-bond donors (Lipinski definition) is 1. The molecule has 0 saturated heterocycles. The van der Waals surface area contributed by atoms with Crippen molar-refractivity contribution in [2.45, 2.75) is 38.7 Å². The van der Waals surface area contributed by atoms with E-state index in [-0.39, 0.29) is 6.10 Å². The maximum Gasteiger partial charge on any atom is 0.235 e. The van der Waals surface area contributed by atoms with Gasteiger partial charge in [0.15, 0.2) is 0 Å². The van der Waals surface area contributed by atoms with Gasteiger partial charge in [-0.05, 0) is 38.5 Å². The topological polar surface area (TPSA) is 55.2 Å². The number of nitrogens with zero attached hydrogens (tertiary/aromatic N) is 2. The number of aliphatic hydroxyl groups excluding tert-OH is 1. The van der Waals surface area contributed by atoms with Gasteiger partial charge in [0.1, 0.15) is 6.10 Å². The predicted molar refractivity (Wildman–Crippen MR) is 60.2 cm³/mol. The number of aryl methyl sites for hydroxylation is 1. The molecule has 0 amide bonds. The number of aliphatic hydroxyl groups is 1. The fourth-order valence-corrected chi connectivity index (χ4v) is 2.10. The summed E-state index contributed by atoms with van der Waals surface area (Å²) in [5.41, 5.74) is 0.840. The Balaban J connectivity index is 1.89. The molecule has 0 unspecified atom stereocenters. The molecular weight excluding hydrogens is 204 g/mol. The third-order valence-electron chi connectivity index (χ3n) is 3.17. The summed E-state index contributed by atoms with van der Waals surface area (Å²) in [6.07, 6.45) is 7.65. The number of hydrogen-bond acceptors (Lipinski definition) is 4. The Bertz CT molecular complexity index is 336. The van der Waals surface area contributed by atoms with Gasteiger partial charge in [0.2, 0.25) is 5.88 Å². The zero-order valence-electron chi connectivity index (χ0n) is 9.59. The average Bonchev–Trinajstić information content (AvgIpc) is 2.33. The van der Waals surface area contributed by atoms with Crippen LogP contribution in [-0.4, -0.2) is 27.8 Å². The van der Waals surface area contributed by atoms with Crippen molar-refractivity contribution in [3.63, 3.8) is 0 Å². The van der Waals surface area contributed by atoms with Crippen molar-refractivity contribution in [2.24, 2.45) is 5.92 Å². The first-order valence-corrected chi connectivity index (χ1v) is 5.84. The quantitative estimate of drug-likeness (QED) is 0.846. The lowest BCUT2D eigenvalue weighted by Gasteiger charge is -2.27. The normalized spacial score (nSPS) is 25.4. The largest absolute Gasteiger partial charge is 0.473 e. The van der Waals surface area contributed by atoms with E-state index < -0.39 is 0 Å². The van der Waals surface area contributed by atoms with E-state index in [0.29, 0.717) is 18.4 Å². The maximum absolute atomic E-state index is 9.05. The van der Waals surface area contributed by atoms with Crippen LogP contribution in [0.3, 0.4) is 0 Å². The molecular formula is C12H18N2O2. The fourth-order valence-electron chi connectivity index (χ4n) is 2.10. The van der Waals surface area contributed by atoms with Crippen LogP contribution >= 0.6 is 0 Å². The third-order valence-corrected chi connectivity index (χ3v) is 3.17. The van der Waals surface area contributed by atoms with Gasteiger partial charge in [0.25, 0.3) is 0 Å². The molecule has 1 N–H and O–H groups in total. The first-order valence-electron chi connectivity index (χ1n) is 5.84. The van der Waals surface area contributed by atoms with Crippen molar-refractivity contribution in [2.75, 3.05) is 6.61 Å². The first kappa shape index (κ1) is 11.3. The molecule has 0 bridgehead atoms. The minimum Gasteiger partial charge on any atom is -0.473 e. The Morgan fingerprint density at radius 3 is 2.56 bits per heavy atom. The lowest BCUT2D eigenvalue weighted by atomic mass is 9.88. The van der Waals surface area contributed by atoms with Crippen LogP contribution in [0.15, 0.2) is 12.4 Å². The minimum atomic E-state index is 0.234. The molecule has 2 rings (SSSR count). The molecule has 16 heavy (non-hydrogen) atoms. The molecule has 1 saturated carbocycles. The van der Waals surface area contributed by atoms with E-state index in [9.17, 15) is 0 Å². The number of ether oxygens (including phenoxy) is 1. The highest BCUT2D eigenvalue weighted by molar-refractivity contribution is 5.15. The molecule has 1 aliphatic rings. The summed E-state index contributed by atoms with van der Waals surface area (Å²) >= 11 is 0. The summed E-state index contributed by atoms with van der Waals surface area (Å²) in [6, 6.07) is 0. The molecule has 1 aromatic heterocycles. The molecule has 1 fully saturated rings. The molecule has 0 aromatic carbocycles. The van der Waals surface area contributed by atoms with Gasteiger partial charge in [0, 0.05) is 19.0 Å². The lowest BCUT2D eigenvalue weighted by Crippen LogP contribution is -2.26. The van der Waals surface area contributed by atoms with Crippen molar-refractivity contribution in [1.29, 1.82) is 0 Å².